The third kappa shape index (κ3) is 3.35. The van der Waals surface area contributed by atoms with Crippen LogP contribution in [0.1, 0.15) is 46.1 Å². The fourth-order valence-corrected chi connectivity index (χ4v) is 3.27. The maximum atomic E-state index is 3.72. The average molecular weight is 274 g/mol. The first-order valence-corrected chi connectivity index (χ1v) is 8.26. The summed E-state index contributed by atoms with van der Waals surface area (Å²) in [5.74, 6) is 0.696. The van der Waals surface area contributed by atoms with Crippen molar-refractivity contribution in [1.82, 2.24) is 5.32 Å². The highest BCUT2D eigenvalue weighted by atomic mass is 15.2. The molecule has 0 aromatic heterocycles. The van der Waals surface area contributed by atoms with Gasteiger partial charge in [-0.25, -0.2) is 0 Å². The number of nitrogens with one attached hydrogen (secondary N) is 1. The van der Waals surface area contributed by atoms with Crippen LogP contribution in [-0.2, 0) is 6.42 Å². The molecule has 1 aliphatic rings. The van der Waals surface area contributed by atoms with Crippen molar-refractivity contribution in [2.24, 2.45) is 5.92 Å². The molecule has 2 heteroatoms. The van der Waals surface area contributed by atoms with Gasteiger partial charge < -0.3 is 10.2 Å². The zero-order chi connectivity index (χ0) is 14.5. The molecule has 0 radical (unpaired) electrons. The molecule has 0 bridgehead atoms. The molecule has 2 nitrogen and oxygen atoms in total. The van der Waals surface area contributed by atoms with Gasteiger partial charge in [-0.15, -0.1) is 0 Å². The second-order valence-electron chi connectivity index (χ2n) is 6.16. The molecule has 1 heterocycles. The van der Waals surface area contributed by atoms with E-state index >= 15 is 0 Å². The van der Waals surface area contributed by atoms with Crippen molar-refractivity contribution < 1.29 is 0 Å². The Morgan fingerprint density at radius 3 is 2.45 bits per heavy atom. The van der Waals surface area contributed by atoms with E-state index in [2.05, 4.69) is 62.2 Å². The van der Waals surface area contributed by atoms with Crippen molar-refractivity contribution >= 4 is 5.69 Å². The molecule has 3 unspecified atom stereocenters. The van der Waals surface area contributed by atoms with Crippen LogP contribution in [-0.4, -0.2) is 25.2 Å². The molecule has 0 aliphatic carbocycles. The van der Waals surface area contributed by atoms with Crippen molar-refractivity contribution in [3.8, 4) is 0 Å². The molecule has 3 atom stereocenters. The Morgan fingerprint density at radius 1 is 1.15 bits per heavy atom. The van der Waals surface area contributed by atoms with Gasteiger partial charge in [0, 0.05) is 24.3 Å². The van der Waals surface area contributed by atoms with Crippen LogP contribution < -0.4 is 10.2 Å². The number of rotatable bonds is 5. The second kappa shape index (κ2) is 7.12. The van der Waals surface area contributed by atoms with Crippen molar-refractivity contribution in [3.63, 3.8) is 0 Å². The Morgan fingerprint density at radius 2 is 1.85 bits per heavy atom. The molecular formula is C18H30N2. The van der Waals surface area contributed by atoms with Gasteiger partial charge in [-0.3, -0.25) is 0 Å². The molecule has 1 aromatic carbocycles. The summed E-state index contributed by atoms with van der Waals surface area (Å²) in [6.45, 7) is 11.5. The van der Waals surface area contributed by atoms with E-state index < -0.39 is 0 Å². The van der Waals surface area contributed by atoms with Gasteiger partial charge in [0.15, 0.2) is 0 Å². The van der Waals surface area contributed by atoms with Gasteiger partial charge in [0.1, 0.15) is 0 Å². The van der Waals surface area contributed by atoms with E-state index in [9.17, 15) is 0 Å². The number of aryl methyl sites for hydroxylation is 1. The lowest BCUT2D eigenvalue weighted by atomic mass is 9.86. The maximum absolute atomic E-state index is 3.72. The average Bonchev–Trinajstić information content (AvgIpc) is 2.49. The van der Waals surface area contributed by atoms with Crippen LogP contribution in [0.5, 0.6) is 0 Å². The lowest BCUT2D eigenvalue weighted by molar-refractivity contribution is 0.271. The number of hydrogen-bond acceptors (Lipinski definition) is 2. The normalized spacial score (nSPS) is 26.8. The van der Waals surface area contributed by atoms with E-state index in [-0.39, 0.29) is 0 Å². The molecule has 1 aromatic rings. The molecule has 1 fully saturated rings. The lowest BCUT2D eigenvalue weighted by Gasteiger charge is -2.44. The Hall–Kier alpha value is -1.02. The summed E-state index contributed by atoms with van der Waals surface area (Å²) >= 11 is 0. The van der Waals surface area contributed by atoms with Gasteiger partial charge in [0.05, 0.1) is 0 Å². The summed E-state index contributed by atoms with van der Waals surface area (Å²) in [4.78, 5) is 2.58. The van der Waals surface area contributed by atoms with E-state index in [1.807, 2.05) is 0 Å². The van der Waals surface area contributed by atoms with Gasteiger partial charge >= 0.3 is 0 Å². The molecule has 1 saturated heterocycles. The first-order chi connectivity index (χ1) is 9.67. The Kier molecular flexibility index (Phi) is 5.47. The molecule has 0 saturated carbocycles. The molecule has 1 N–H and O–H groups in total. The SMILES string of the molecule is CCCNC1CCN(c2ccc(CC)cc2)C(C)C1C. The van der Waals surface area contributed by atoms with Crippen LogP contribution in [0.4, 0.5) is 5.69 Å². The highest BCUT2D eigenvalue weighted by Crippen LogP contribution is 2.29. The smallest absolute Gasteiger partial charge is 0.0368 e. The molecule has 0 spiro atoms. The summed E-state index contributed by atoms with van der Waals surface area (Å²) in [6, 6.07) is 10.4. The van der Waals surface area contributed by atoms with E-state index in [1.54, 1.807) is 0 Å². The quantitative estimate of drug-likeness (QED) is 0.877. The largest absolute Gasteiger partial charge is 0.368 e. The minimum absolute atomic E-state index is 0.602. The third-order valence-corrected chi connectivity index (χ3v) is 4.90. The van der Waals surface area contributed by atoms with Crippen molar-refractivity contribution in [2.45, 2.75) is 59.0 Å². The van der Waals surface area contributed by atoms with Crippen LogP contribution in [0.25, 0.3) is 0 Å². The molecular weight excluding hydrogens is 244 g/mol. The number of nitrogens with zero attached hydrogens (tertiary/aromatic N) is 1. The molecule has 2 rings (SSSR count). The summed E-state index contributed by atoms with van der Waals surface area (Å²) < 4.78 is 0. The molecule has 1 aliphatic heterocycles. The summed E-state index contributed by atoms with van der Waals surface area (Å²) in [5.41, 5.74) is 2.81. The maximum Gasteiger partial charge on any atom is 0.0368 e. The van der Waals surface area contributed by atoms with Gasteiger partial charge in [-0.2, -0.15) is 0 Å². The fraction of sp³-hybridized carbons (Fsp3) is 0.667. The Labute approximate surface area is 124 Å². The van der Waals surface area contributed by atoms with Gasteiger partial charge in [0.2, 0.25) is 0 Å². The number of piperidine rings is 1. The summed E-state index contributed by atoms with van der Waals surface area (Å²) in [6.07, 6.45) is 3.59. The van der Waals surface area contributed by atoms with Crippen LogP contribution in [0.15, 0.2) is 24.3 Å². The van der Waals surface area contributed by atoms with E-state index in [1.165, 1.54) is 30.6 Å². The summed E-state index contributed by atoms with van der Waals surface area (Å²) in [5, 5.41) is 3.72. The first-order valence-electron chi connectivity index (χ1n) is 8.26. The third-order valence-electron chi connectivity index (χ3n) is 4.90. The zero-order valence-electron chi connectivity index (χ0n) is 13.5. The number of anilines is 1. The second-order valence-corrected chi connectivity index (χ2v) is 6.16. The monoisotopic (exact) mass is 274 g/mol. The topological polar surface area (TPSA) is 15.3 Å². The predicted molar refractivity (Wildman–Crippen MR) is 88.5 cm³/mol. The van der Waals surface area contributed by atoms with Crippen molar-refractivity contribution in [3.05, 3.63) is 29.8 Å². The van der Waals surface area contributed by atoms with Gasteiger partial charge in [0.25, 0.3) is 0 Å². The Bertz CT molecular complexity index is 398. The highest BCUT2D eigenvalue weighted by Gasteiger charge is 2.31. The van der Waals surface area contributed by atoms with Crippen molar-refractivity contribution in [2.75, 3.05) is 18.0 Å². The number of hydrogen-bond donors (Lipinski definition) is 1. The minimum atomic E-state index is 0.602. The minimum Gasteiger partial charge on any atom is -0.368 e. The summed E-state index contributed by atoms with van der Waals surface area (Å²) in [7, 11) is 0. The van der Waals surface area contributed by atoms with Crippen LogP contribution in [0, 0.1) is 5.92 Å². The van der Waals surface area contributed by atoms with E-state index in [0.717, 1.165) is 13.0 Å². The highest BCUT2D eigenvalue weighted by molar-refractivity contribution is 5.49. The van der Waals surface area contributed by atoms with Crippen molar-refractivity contribution in [1.29, 1.82) is 0 Å². The molecule has 0 amide bonds. The van der Waals surface area contributed by atoms with Gasteiger partial charge in [-0.1, -0.05) is 32.9 Å². The standard InChI is InChI=1S/C18H30N2/c1-5-12-19-18-11-13-20(15(4)14(18)3)17-9-7-16(6-2)8-10-17/h7-10,14-15,18-19H,5-6,11-13H2,1-4H3. The fourth-order valence-electron chi connectivity index (χ4n) is 3.27. The zero-order valence-corrected chi connectivity index (χ0v) is 13.5. The van der Waals surface area contributed by atoms with E-state index in [4.69, 9.17) is 0 Å². The molecule has 20 heavy (non-hydrogen) atoms. The lowest BCUT2D eigenvalue weighted by Crippen LogP contribution is -2.53. The molecule has 112 valence electrons. The predicted octanol–water partition coefficient (Wildman–Crippen LogP) is 3.85. The van der Waals surface area contributed by atoms with Crippen LogP contribution in [0.3, 0.4) is 0 Å². The van der Waals surface area contributed by atoms with Gasteiger partial charge in [-0.05, 0) is 56.3 Å². The Balaban J connectivity index is 2.03. The number of benzene rings is 1. The van der Waals surface area contributed by atoms with Crippen LogP contribution >= 0.6 is 0 Å². The van der Waals surface area contributed by atoms with E-state index in [0.29, 0.717) is 18.0 Å². The van der Waals surface area contributed by atoms with Crippen LogP contribution in [0.2, 0.25) is 0 Å². The first kappa shape index (κ1) is 15.4.